The quantitative estimate of drug-likeness (QED) is 0.670. The topological polar surface area (TPSA) is 103 Å². The van der Waals surface area contributed by atoms with Crippen molar-refractivity contribution in [2.24, 2.45) is 0 Å². The molecule has 0 N–H and O–H groups in total. The second kappa shape index (κ2) is 8.71. The van der Waals surface area contributed by atoms with Crippen molar-refractivity contribution in [3.63, 3.8) is 0 Å². The molecule has 2 aromatic carbocycles. The Morgan fingerprint density at radius 3 is 2.28 bits per heavy atom. The minimum Gasteiger partial charge on any atom is -0.494 e. The van der Waals surface area contributed by atoms with Gasteiger partial charge in [0.25, 0.3) is 5.56 Å². The molecule has 29 heavy (non-hydrogen) atoms. The van der Waals surface area contributed by atoms with Gasteiger partial charge in [-0.3, -0.25) is 9.36 Å². The van der Waals surface area contributed by atoms with Crippen molar-refractivity contribution in [3.05, 3.63) is 79.2 Å². The first-order valence-electron chi connectivity index (χ1n) is 8.62. The summed E-state index contributed by atoms with van der Waals surface area (Å²) in [5.74, 6) is 0.662. The van der Waals surface area contributed by atoms with Gasteiger partial charge in [-0.25, -0.2) is 0 Å². The maximum atomic E-state index is 13.1. The van der Waals surface area contributed by atoms with Gasteiger partial charge in [0.1, 0.15) is 22.6 Å². The standard InChI is InChI=1S/C22H14N4O2S/c1-2-28-19-9-7-18(8-10-19)26-21(27)20(29-22(26)17(13-24)14-25)11-15-3-5-16(12-23)6-4-15/h3-11H,2H2,1H3/b20-11+. The van der Waals surface area contributed by atoms with Crippen LogP contribution in [0.15, 0.2) is 53.3 Å². The monoisotopic (exact) mass is 398 g/mol. The summed E-state index contributed by atoms with van der Waals surface area (Å²) in [4.78, 5) is 13.1. The Morgan fingerprint density at radius 1 is 1.07 bits per heavy atom. The summed E-state index contributed by atoms with van der Waals surface area (Å²) >= 11 is 1.07. The first-order chi connectivity index (χ1) is 14.1. The number of hydrogen-bond acceptors (Lipinski definition) is 6. The van der Waals surface area contributed by atoms with Crippen molar-refractivity contribution >= 4 is 23.0 Å². The Balaban J connectivity index is 2.26. The van der Waals surface area contributed by atoms with Crippen LogP contribution in [0.2, 0.25) is 0 Å². The zero-order valence-electron chi connectivity index (χ0n) is 15.4. The number of benzene rings is 2. The minimum atomic E-state index is -0.332. The molecule has 0 aliphatic carbocycles. The predicted octanol–water partition coefficient (Wildman–Crippen LogP) is 2.20. The van der Waals surface area contributed by atoms with Crippen molar-refractivity contribution in [3.8, 4) is 29.6 Å². The minimum absolute atomic E-state index is 0.138. The zero-order chi connectivity index (χ0) is 20.8. The molecule has 0 atom stereocenters. The van der Waals surface area contributed by atoms with Gasteiger partial charge in [0.05, 0.1) is 28.5 Å². The lowest BCUT2D eigenvalue weighted by molar-refractivity contribution is 0.340. The summed E-state index contributed by atoms with van der Waals surface area (Å²) in [6, 6.07) is 19.4. The molecule has 6 nitrogen and oxygen atoms in total. The van der Waals surface area contributed by atoms with Crippen LogP contribution < -0.4 is 19.5 Å². The van der Waals surface area contributed by atoms with Gasteiger partial charge in [-0.05, 0) is 55.0 Å². The number of nitrogens with zero attached hydrogens (tertiary/aromatic N) is 4. The summed E-state index contributed by atoms with van der Waals surface area (Å²) in [7, 11) is 0. The first-order valence-corrected chi connectivity index (χ1v) is 9.44. The van der Waals surface area contributed by atoms with Crippen LogP contribution in [0.1, 0.15) is 18.1 Å². The van der Waals surface area contributed by atoms with Crippen molar-refractivity contribution in [1.82, 2.24) is 4.57 Å². The van der Waals surface area contributed by atoms with Crippen LogP contribution in [0.5, 0.6) is 5.75 Å². The summed E-state index contributed by atoms with van der Waals surface area (Å²) in [5.41, 5.74) is 1.32. The maximum Gasteiger partial charge on any atom is 0.273 e. The predicted molar refractivity (Wildman–Crippen MR) is 110 cm³/mol. The van der Waals surface area contributed by atoms with Crippen LogP contribution in [-0.2, 0) is 0 Å². The first kappa shape index (κ1) is 19.6. The zero-order valence-corrected chi connectivity index (χ0v) is 16.2. The molecule has 1 heterocycles. The lowest BCUT2D eigenvalue weighted by Crippen LogP contribution is -2.30. The smallest absolute Gasteiger partial charge is 0.273 e. The van der Waals surface area contributed by atoms with Crippen LogP contribution in [0.25, 0.3) is 17.3 Å². The van der Waals surface area contributed by atoms with Crippen LogP contribution in [0.4, 0.5) is 0 Å². The lowest BCUT2D eigenvalue weighted by atomic mass is 10.1. The Morgan fingerprint density at radius 2 is 1.72 bits per heavy atom. The van der Waals surface area contributed by atoms with Gasteiger partial charge in [0.15, 0.2) is 5.57 Å². The van der Waals surface area contributed by atoms with E-state index in [2.05, 4.69) is 0 Å². The number of nitriles is 3. The average Bonchev–Trinajstić information content (AvgIpc) is 3.06. The van der Waals surface area contributed by atoms with Crippen LogP contribution in [-0.4, -0.2) is 11.2 Å². The van der Waals surface area contributed by atoms with Gasteiger partial charge < -0.3 is 4.74 Å². The van der Waals surface area contributed by atoms with E-state index in [4.69, 9.17) is 10.00 Å². The van der Waals surface area contributed by atoms with Gasteiger partial charge >= 0.3 is 0 Å². The molecule has 7 heteroatoms. The fraction of sp³-hybridized carbons (Fsp3) is 0.0909. The molecule has 0 saturated heterocycles. The van der Waals surface area contributed by atoms with E-state index in [-0.39, 0.29) is 15.8 Å². The Kier molecular flexibility index (Phi) is 5.90. The largest absolute Gasteiger partial charge is 0.494 e. The molecule has 0 amide bonds. The molecule has 0 unspecified atom stereocenters. The van der Waals surface area contributed by atoms with E-state index >= 15 is 0 Å². The second-order valence-corrected chi connectivity index (χ2v) is 6.85. The van der Waals surface area contributed by atoms with E-state index in [0.29, 0.717) is 28.1 Å². The van der Waals surface area contributed by atoms with Crippen LogP contribution in [0.3, 0.4) is 0 Å². The van der Waals surface area contributed by atoms with Crippen LogP contribution in [0, 0.1) is 34.0 Å². The molecule has 0 bridgehead atoms. The average molecular weight is 398 g/mol. The fourth-order valence-corrected chi connectivity index (χ4v) is 3.72. The third kappa shape index (κ3) is 4.09. The van der Waals surface area contributed by atoms with E-state index in [0.717, 1.165) is 16.9 Å². The molecular formula is C22H14N4O2S. The van der Waals surface area contributed by atoms with E-state index < -0.39 is 0 Å². The summed E-state index contributed by atoms with van der Waals surface area (Å²) < 4.78 is 7.43. The van der Waals surface area contributed by atoms with Gasteiger partial charge in [-0.2, -0.15) is 15.8 Å². The van der Waals surface area contributed by atoms with Gasteiger partial charge in [0.2, 0.25) is 0 Å². The normalized spacial score (nSPS) is 10.6. The SMILES string of the molecule is CCOc1ccc(-n2c(=C(C#N)C#N)s/c(=C/c3ccc(C#N)cc3)c2=O)cc1. The second-order valence-electron chi connectivity index (χ2n) is 5.82. The van der Waals surface area contributed by atoms with Gasteiger partial charge in [-0.15, -0.1) is 11.3 Å². The number of hydrogen-bond donors (Lipinski definition) is 0. The highest BCUT2D eigenvalue weighted by Crippen LogP contribution is 2.13. The van der Waals surface area contributed by atoms with E-state index in [9.17, 15) is 15.3 Å². The molecule has 3 rings (SSSR count). The highest BCUT2D eigenvalue weighted by Gasteiger charge is 2.11. The Bertz CT molecular complexity index is 1330. The Hall–Kier alpha value is -4.12. The van der Waals surface area contributed by atoms with Crippen molar-refractivity contribution in [2.45, 2.75) is 6.92 Å². The maximum absolute atomic E-state index is 13.1. The molecule has 0 aliphatic rings. The van der Waals surface area contributed by atoms with Crippen LogP contribution >= 0.6 is 11.3 Å². The van der Waals surface area contributed by atoms with Gasteiger partial charge in [-0.1, -0.05) is 12.1 Å². The van der Waals surface area contributed by atoms with Gasteiger partial charge in [0, 0.05) is 0 Å². The molecule has 0 fully saturated rings. The Labute approximate surface area is 170 Å². The van der Waals surface area contributed by atoms with Crippen molar-refractivity contribution < 1.29 is 4.74 Å². The third-order valence-corrected chi connectivity index (χ3v) is 5.10. The van der Waals surface area contributed by atoms with E-state index in [1.54, 1.807) is 54.6 Å². The van der Waals surface area contributed by atoms with E-state index in [1.165, 1.54) is 4.57 Å². The van der Waals surface area contributed by atoms with E-state index in [1.807, 2.05) is 25.1 Å². The number of thiazole rings is 1. The molecule has 0 spiro atoms. The highest BCUT2D eigenvalue weighted by atomic mass is 32.1. The summed E-state index contributed by atoms with van der Waals surface area (Å²) in [6.45, 7) is 2.40. The van der Waals surface area contributed by atoms with Crippen molar-refractivity contribution in [1.29, 1.82) is 15.8 Å². The molecule has 0 radical (unpaired) electrons. The number of aromatic nitrogens is 1. The molecular weight excluding hydrogens is 384 g/mol. The number of ether oxygens (including phenoxy) is 1. The third-order valence-electron chi connectivity index (χ3n) is 4.00. The summed E-state index contributed by atoms with van der Waals surface area (Å²) in [5, 5.41) is 27.6. The summed E-state index contributed by atoms with van der Waals surface area (Å²) in [6.07, 6.45) is 1.68. The highest BCUT2D eigenvalue weighted by molar-refractivity contribution is 7.07. The van der Waals surface area contributed by atoms with Crippen molar-refractivity contribution in [2.75, 3.05) is 6.61 Å². The number of rotatable bonds is 4. The molecule has 3 aromatic rings. The fourth-order valence-electron chi connectivity index (χ4n) is 2.67. The molecule has 140 valence electrons. The molecule has 0 saturated carbocycles. The lowest BCUT2D eigenvalue weighted by Gasteiger charge is -2.05. The molecule has 1 aromatic heterocycles. The molecule has 0 aliphatic heterocycles.